The summed E-state index contributed by atoms with van der Waals surface area (Å²) in [6.45, 7) is 2.52. The maximum absolute atomic E-state index is 12.5. The first-order valence-corrected chi connectivity index (χ1v) is 7.55. The maximum atomic E-state index is 12.5. The summed E-state index contributed by atoms with van der Waals surface area (Å²) in [7, 11) is 0. The zero-order chi connectivity index (χ0) is 14.4. The van der Waals surface area contributed by atoms with Crippen LogP contribution in [0.4, 0.5) is 5.69 Å². The van der Waals surface area contributed by atoms with Gasteiger partial charge in [-0.15, -0.1) is 0 Å². The Morgan fingerprint density at radius 2 is 2.20 bits per heavy atom. The molecule has 1 aromatic heterocycles. The van der Waals surface area contributed by atoms with Gasteiger partial charge in [0.25, 0.3) is 0 Å². The highest BCUT2D eigenvalue weighted by atomic mass is 16.5. The molecule has 110 valence electrons. The van der Waals surface area contributed by atoms with E-state index in [1.165, 1.54) is 19.3 Å². The second-order valence-corrected chi connectivity index (χ2v) is 5.49. The van der Waals surface area contributed by atoms with E-state index in [4.69, 9.17) is 10.5 Å². The van der Waals surface area contributed by atoms with Crippen molar-refractivity contribution in [1.82, 2.24) is 4.98 Å². The minimum absolute atomic E-state index is 0.137. The maximum Gasteiger partial charge on any atom is 0.166 e. The van der Waals surface area contributed by atoms with Crippen molar-refractivity contribution in [2.24, 2.45) is 5.92 Å². The molecule has 2 N–H and O–H groups in total. The van der Waals surface area contributed by atoms with E-state index in [0.717, 1.165) is 18.4 Å². The van der Waals surface area contributed by atoms with E-state index in [2.05, 4.69) is 4.98 Å². The Morgan fingerprint density at radius 1 is 1.45 bits per heavy atom. The minimum Gasteiger partial charge on any atom is -0.398 e. The van der Waals surface area contributed by atoms with Crippen LogP contribution in [-0.2, 0) is 16.0 Å². The van der Waals surface area contributed by atoms with Crippen LogP contribution in [-0.4, -0.2) is 23.5 Å². The van der Waals surface area contributed by atoms with Crippen molar-refractivity contribution in [2.75, 3.05) is 12.3 Å². The first kappa shape index (κ1) is 15.0. The van der Waals surface area contributed by atoms with Gasteiger partial charge in [-0.3, -0.25) is 9.78 Å². The summed E-state index contributed by atoms with van der Waals surface area (Å²) in [6, 6.07) is 1.74. The van der Waals surface area contributed by atoms with Crippen LogP contribution in [0.15, 0.2) is 18.5 Å². The number of pyridine rings is 1. The quantitative estimate of drug-likeness (QED) is 0.867. The van der Waals surface area contributed by atoms with Gasteiger partial charge in [0.1, 0.15) is 6.10 Å². The number of hydrogen-bond acceptors (Lipinski definition) is 4. The SMILES string of the molecule is CCOC(C(=O)Cc1cnccc1N)C1CCCCC1. The lowest BCUT2D eigenvalue weighted by molar-refractivity contribution is -0.134. The molecule has 0 aliphatic heterocycles. The number of nitrogen functional groups attached to an aromatic ring is 1. The van der Waals surface area contributed by atoms with Crippen molar-refractivity contribution in [1.29, 1.82) is 0 Å². The molecule has 0 saturated heterocycles. The van der Waals surface area contributed by atoms with Crippen molar-refractivity contribution in [3.05, 3.63) is 24.0 Å². The van der Waals surface area contributed by atoms with Gasteiger partial charge in [0.2, 0.25) is 0 Å². The molecule has 0 bridgehead atoms. The summed E-state index contributed by atoms with van der Waals surface area (Å²) in [5.41, 5.74) is 7.32. The van der Waals surface area contributed by atoms with Crippen molar-refractivity contribution < 1.29 is 9.53 Å². The number of hydrogen-bond donors (Lipinski definition) is 1. The topological polar surface area (TPSA) is 65.2 Å². The Morgan fingerprint density at radius 3 is 2.85 bits per heavy atom. The molecule has 2 rings (SSSR count). The van der Waals surface area contributed by atoms with Crippen LogP contribution in [0.25, 0.3) is 0 Å². The predicted molar refractivity (Wildman–Crippen MR) is 79.3 cm³/mol. The fraction of sp³-hybridized carbons (Fsp3) is 0.625. The van der Waals surface area contributed by atoms with Crippen LogP contribution < -0.4 is 5.73 Å². The number of nitrogens with zero attached hydrogens (tertiary/aromatic N) is 1. The molecule has 20 heavy (non-hydrogen) atoms. The van der Waals surface area contributed by atoms with Crippen molar-refractivity contribution in [3.8, 4) is 0 Å². The third kappa shape index (κ3) is 3.79. The molecule has 1 heterocycles. The molecule has 1 aromatic rings. The minimum atomic E-state index is -0.278. The monoisotopic (exact) mass is 276 g/mol. The van der Waals surface area contributed by atoms with Gasteiger partial charge in [-0.05, 0) is 31.7 Å². The number of rotatable bonds is 6. The standard InChI is InChI=1S/C16H24N2O2/c1-2-20-16(12-6-4-3-5-7-12)15(19)10-13-11-18-9-8-14(13)17/h8-9,11-12,16H,2-7,10H2,1H3,(H2,17,18). The molecule has 1 atom stereocenters. The molecule has 1 unspecified atom stereocenters. The zero-order valence-electron chi connectivity index (χ0n) is 12.2. The number of aromatic nitrogens is 1. The van der Waals surface area contributed by atoms with E-state index >= 15 is 0 Å². The van der Waals surface area contributed by atoms with Crippen molar-refractivity contribution >= 4 is 11.5 Å². The largest absolute Gasteiger partial charge is 0.398 e. The molecule has 1 aliphatic carbocycles. The summed E-state index contributed by atoms with van der Waals surface area (Å²) in [4.78, 5) is 16.6. The van der Waals surface area contributed by atoms with E-state index in [0.29, 0.717) is 24.6 Å². The Labute approximate surface area is 120 Å². The first-order chi connectivity index (χ1) is 9.72. The number of ketones is 1. The summed E-state index contributed by atoms with van der Waals surface area (Å²) < 4.78 is 5.74. The van der Waals surface area contributed by atoms with Gasteiger partial charge in [-0.25, -0.2) is 0 Å². The lowest BCUT2D eigenvalue weighted by atomic mass is 9.82. The molecule has 4 heteroatoms. The predicted octanol–water partition coefficient (Wildman–Crippen LogP) is 2.76. The number of ether oxygens (including phenoxy) is 1. The second-order valence-electron chi connectivity index (χ2n) is 5.49. The van der Waals surface area contributed by atoms with E-state index < -0.39 is 0 Å². The Balaban J connectivity index is 2.04. The molecule has 1 aliphatic rings. The van der Waals surface area contributed by atoms with Gasteiger partial charge < -0.3 is 10.5 Å². The smallest absolute Gasteiger partial charge is 0.166 e. The van der Waals surface area contributed by atoms with E-state index in [-0.39, 0.29) is 11.9 Å². The molecule has 0 amide bonds. The summed E-state index contributed by atoms with van der Waals surface area (Å²) in [5.74, 6) is 0.507. The van der Waals surface area contributed by atoms with Gasteiger partial charge in [-0.2, -0.15) is 0 Å². The van der Waals surface area contributed by atoms with Crippen LogP contribution in [0.1, 0.15) is 44.6 Å². The van der Waals surface area contributed by atoms with E-state index in [1.807, 2.05) is 6.92 Å². The van der Waals surface area contributed by atoms with Crippen LogP contribution in [0, 0.1) is 5.92 Å². The Hall–Kier alpha value is -1.42. The van der Waals surface area contributed by atoms with Crippen molar-refractivity contribution in [2.45, 2.75) is 51.6 Å². The van der Waals surface area contributed by atoms with E-state index in [9.17, 15) is 4.79 Å². The molecular weight excluding hydrogens is 252 g/mol. The third-order valence-electron chi connectivity index (χ3n) is 4.05. The number of anilines is 1. The molecule has 0 radical (unpaired) electrons. The van der Waals surface area contributed by atoms with Gasteiger partial charge in [0, 0.05) is 36.7 Å². The fourth-order valence-electron chi connectivity index (χ4n) is 2.98. The van der Waals surface area contributed by atoms with Crippen LogP contribution in [0.3, 0.4) is 0 Å². The molecule has 1 saturated carbocycles. The van der Waals surface area contributed by atoms with Gasteiger partial charge in [0.05, 0.1) is 0 Å². The normalized spacial score (nSPS) is 17.9. The zero-order valence-corrected chi connectivity index (χ0v) is 12.2. The molecular formula is C16H24N2O2. The summed E-state index contributed by atoms with van der Waals surface area (Å²) in [5, 5.41) is 0. The first-order valence-electron chi connectivity index (χ1n) is 7.55. The number of nitrogens with two attached hydrogens (primary N) is 1. The van der Waals surface area contributed by atoms with Gasteiger partial charge in [0.15, 0.2) is 5.78 Å². The highest BCUT2D eigenvalue weighted by Gasteiger charge is 2.30. The van der Waals surface area contributed by atoms with Gasteiger partial charge in [-0.1, -0.05) is 19.3 Å². The highest BCUT2D eigenvalue weighted by Crippen LogP contribution is 2.29. The number of carbonyl (C=O) groups is 1. The molecule has 0 spiro atoms. The second kappa shape index (κ2) is 7.39. The van der Waals surface area contributed by atoms with Crippen LogP contribution >= 0.6 is 0 Å². The number of carbonyl (C=O) groups excluding carboxylic acids is 1. The Bertz CT molecular complexity index is 442. The fourth-order valence-corrected chi connectivity index (χ4v) is 2.98. The third-order valence-corrected chi connectivity index (χ3v) is 4.05. The average Bonchev–Trinajstić information content (AvgIpc) is 2.48. The summed E-state index contributed by atoms with van der Waals surface area (Å²) >= 11 is 0. The molecule has 0 aromatic carbocycles. The van der Waals surface area contributed by atoms with E-state index in [1.54, 1.807) is 18.5 Å². The molecule has 4 nitrogen and oxygen atoms in total. The lowest BCUT2D eigenvalue weighted by Gasteiger charge is -2.29. The van der Waals surface area contributed by atoms with Crippen LogP contribution in [0.2, 0.25) is 0 Å². The average molecular weight is 276 g/mol. The lowest BCUT2D eigenvalue weighted by Crippen LogP contribution is -2.35. The van der Waals surface area contributed by atoms with Crippen molar-refractivity contribution in [3.63, 3.8) is 0 Å². The Kier molecular flexibility index (Phi) is 5.53. The molecule has 1 fully saturated rings. The highest BCUT2D eigenvalue weighted by molar-refractivity contribution is 5.86. The van der Waals surface area contributed by atoms with Crippen LogP contribution in [0.5, 0.6) is 0 Å². The summed E-state index contributed by atoms with van der Waals surface area (Å²) in [6.07, 6.45) is 9.24. The van der Waals surface area contributed by atoms with Gasteiger partial charge >= 0.3 is 0 Å². The number of Topliss-reactive ketones (excluding diaryl/α,β-unsaturated/α-hetero) is 1.